The molecule has 14 nitrogen and oxygen atoms in total. The zero-order valence-corrected chi connectivity index (χ0v) is 46.1. The molecule has 2 saturated heterocycles. The lowest BCUT2D eigenvalue weighted by atomic mass is 9.97. The molecule has 430 valence electrons. The summed E-state index contributed by atoms with van der Waals surface area (Å²) in [6.07, 6.45) is 41.2. The van der Waals surface area contributed by atoms with Crippen LogP contribution in [0.4, 0.5) is 0 Å². The molecule has 2 rings (SSSR count). The summed E-state index contributed by atoms with van der Waals surface area (Å²) >= 11 is 0. The summed E-state index contributed by atoms with van der Waals surface area (Å²) < 4.78 is 22.7. The molecular formula is C60H107NO13. The average molecular weight is 1050 g/mol. The SMILES string of the molecule is CCCCCCC/C=C\C/C=C\C/C=C\CCCCCCCCCCCCCCC(=O)NC(COC1OC(CO)C(OC2OC(CO)C(O)C(O)C2O)C(O)C1O)C(O)/C=C/CC/C=C/CCCCCCCCC. The number of hydrogen-bond donors (Lipinski definition) is 9. The summed E-state index contributed by atoms with van der Waals surface area (Å²) in [6.45, 7) is 2.75. The zero-order valence-electron chi connectivity index (χ0n) is 46.1. The van der Waals surface area contributed by atoms with E-state index in [4.69, 9.17) is 18.9 Å². The van der Waals surface area contributed by atoms with Crippen molar-refractivity contribution in [3.8, 4) is 0 Å². The molecule has 0 aliphatic carbocycles. The Bertz CT molecular complexity index is 1470. The first-order valence-electron chi connectivity index (χ1n) is 29.5. The van der Waals surface area contributed by atoms with Gasteiger partial charge in [-0.05, 0) is 70.6 Å². The molecule has 0 spiro atoms. The Balaban J connectivity index is 1.73. The molecular weight excluding hydrogens is 943 g/mol. The van der Waals surface area contributed by atoms with Gasteiger partial charge < -0.3 is 65.1 Å². The van der Waals surface area contributed by atoms with E-state index >= 15 is 0 Å². The maximum atomic E-state index is 13.2. The van der Waals surface area contributed by atoms with E-state index in [1.807, 2.05) is 6.08 Å². The summed E-state index contributed by atoms with van der Waals surface area (Å²) in [5.41, 5.74) is 0. The molecule has 2 fully saturated rings. The van der Waals surface area contributed by atoms with Gasteiger partial charge in [-0.25, -0.2) is 0 Å². The minimum atomic E-state index is -1.79. The molecule has 0 bridgehead atoms. The highest BCUT2D eigenvalue weighted by atomic mass is 16.7. The van der Waals surface area contributed by atoms with Gasteiger partial charge in [0.05, 0.1) is 32.0 Å². The zero-order chi connectivity index (χ0) is 53.9. The van der Waals surface area contributed by atoms with Crippen LogP contribution in [0.2, 0.25) is 0 Å². The van der Waals surface area contributed by atoms with Crippen LogP contribution in [0.15, 0.2) is 60.8 Å². The number of amides is 1. The Morgan fingerprint density at radius 1 is 0.486 bits per heavy atom. The van der Waals surface area contributed by atoms with Crippen molar-refractivity contribution >= 4 is 5.91 Å². The van der Waals surface area contributed by atoms with Crippen LogP contribution in [0.5, 0.6) is 0 Å². The molecule has 1 amide bonds. The van der Waals surface area contributed by atoms with E-state index in [0.717, 1.165) is 44.9 Å². The molecule has 2 aliphatic heterocycles. The van der Waals surface area contributed by atoms with Gasteiger partial charge in [0.25, 0.3) is 0 Å². The number of aliphatic hydroxyl groups excluding tert-OH is 8. The van der Waals surface area contributed by atoms with E-state index in [2.05, 4.69) is 67.8 Å². The summed E-state index contributed by atoms with van der Waals surface area (Å²) in [5.74, 6) is -0.253. The second kappa shape index (κ2) is 45.7. The van der Waals surface area contributed by atoms with Crippen LogP contribution in [0.1, 0.15) is 219 Å². The van der Waals surface area contributed by atoms with E-state index in [0.29, 0.717) is 12.8 Å². The maximum absolute atomic E-state index is 13.2. The number of nitrogens with one attached hydrogen (secondary N) is 1. The van der Waals surface area contributed by atoms with Crippen molar-refractivity contribution in [3.63, 3.8) is 0 Å². The molecule has 12 atom stereocenters. The highest BCUT2D eigenvalue weighted by Gasteiger charge is 2.51. The quantitative estimate of drug-likeness (QED) is 0.0205. The largest absolute Gasteiger partial charge is 0.394 e. The molecule has 0 aromatic carbocycles. The molecule has 14 heteroatoms. The number of ether oxygens (including phenoxy) is 4. The van der Waals surface area contributed by atoms with Crippen LogP contribution < -0.4 is 5.32 Å². The summed E-state index contributed by atoms with van der Waals surface area (Å²) in [7, 11) is 0. The smallest absolute Gasteiger partial charge is 0.220 e. The highest BCUT2D eigenvalue weighted by molar-refractivity contribution is 5.76. The van der Waals surface area contributed by atoms with Gasteiger partial charge in [0.2, 0.25) is 5.91 Å². The number of rotatable bonds is 46. The molecule has 2 aliphatic rings. The van der Waals surface area contributed by atoms with Crippen molar-refractivity contribution in [2.75, 3.05) is 19.8 Å². The molecule has 2 heterocycles. The number of carbonyl (C=O) groups is 1. The first-order chi connectivity index (χ1) is 36.1. The van der Waals surface area contributed by atoms with Crippen molar-refractivity contribution in [3.05, 3.63) is 60.8 Å². The Morgan fingerprint density at radius 3 is 1.42 bits per heavy atom. The highest BCUT2D eigenvalue weighted by Crippen LogP contribution is 2.30. The second-order valence-electron chi connectivity index (χ2n) is 20.8. The number of allylic oxidation sites excluding steroid dienone is 9. The van der Waals surface area contributed by atoms with Crippen LogP contribution in [0.25, 0.3) is 0 Å². The fourth-order valence-electron chi connectivity index (χ4n) is 9.37. The lowest BCUT2D eigenvalue weighted by Crippen LogP contribution is -2.65. The molecule has 9 N–H and O–H groups in total. The Morgan fingerprint density at radius 2 is 0.905 bits per heavy atom. The lowest BCUT2D eigenvalue weighted by Gasteiger charge is -2.46. The van der Waals surface area contributed by atoms with Crippen molar-refractivity contribution in [2.24, 2.45) is 0 Å². The van der Waals surface area contributed by atoms with E-state index in [1.54, 1.807) is 6.08 Å². The van der Waals surface area contributed by atoms with Crippen LogP contribution in [-0.4, -0.2) is 140 Å². The van der Waals surface area contributed by atoms with Crippen LogP contribution in [0.3, 0.4) is 0 Å². The van der Waals surface area contributed by atoms with Gasteiger partial charge >= 0.3 is 0 Å². The molecule has 12 unspecified atom stereocenters. The van der Waals surface area contributed by atoms with Gasteiger partial charge in [-0.15, -0.1) is 0 Å². The van der Waals surface area contributed by atoms with Gasteiger partial charge in [-0.2, -0.15) is 0 Å². The van der Waals surface area contributed by atoms with Gasteiger partial charge in [-0.1, -0.05) is 203 Å². The molecule has 0 aromatic heterocycles. The average Bonchev–Trinajstić information content (AvgIpc) is 3.40. The lowest BCUT2D eigenvalue weighted by molar-refractivity contribution is -0.359. The molecule has 0 aromatic rings. The fraction of sp³-hybridized carbons (Fsp3) is 0.817. The third kappa shape index (κ3) is 31.2. The Labute approximate surface area is 447 Å². The van der Waals surface area contributed by atoms with Crippen LogP contribution in [0, 0.1) is 0 Å². The summed E-state index contributed by atoms with van der Waals surface area (Å²) in [6, 6.07) is -0.933. The predicted molar refractivity (Wildman–Crippen MR) is 295 cm³/mol. The maximum Gasteiger partial charge on any atom is 0.220 e. The van der Waals surface area contributed by atoms with Crippen molar-refractivity contribution < 1.29 is 64.6 Å². The monoisotopic (exact) mass is 1050 g/mol. The Kier molecular flexibility index (Phi) is 41.9. The fourth-order valence-corrected chi connectivity index (χ4v) is 9.37. The van der Waals surface area contributed by atoms with Gasteiger partial charge in [0, 0.05) is 6.42 Å². The van der Waals surface area contributed by atoms with Gasteiger partial charge in [0.15, 0.2) is 12.6 Å². The number of aliphatic hydroxyl groups is 8. The standard InChI is InChI=1S/C60H107NO13/c1-3-5-7-9-11-13-15-17-18-19-20-21-22-23-24-25-26-27-28-29-30-32-34-36-38-40-42-44-52(65)61-48(49(64)43-41-39-37-35-33-31-16-14-12-10-8-6-4-2)47-71-59-57(70)55(68)58(51(46-63)73-59)74-60-56(69)54(67)53(66)50(45-62)72-60/h15,17,19-20,22-23,33,35,41,43,48-51,53-60,62-64,66-70H,3-14,16,18,21,24-32,34,36-40,42,44-47H2,1-2H3,(H,61,65)/b17-15-,20-19-,23-22-,35-33+,43-41+. The van der Waals surface area contributed by atoms with Crippen molar-refractivity contribution in [2.45, 2.75) is 293 Å². The minimum Gasteiger partial charge on any atom is -0.394 e. The van der Waals surface area contributed by atoms with E-state index in [-0.39, 0.29) is 18.9 Å². The van der Waals surface area contributed by atoms with E-state index < -0.39 is 86.8 Å². The Hall–Kier alpha value is -2.31. The van der Waals surface area contributed by atoms with Crippen LogP contribution in [-0.2, 0) is 23.7 Å². The minimum absolute atomic E-state index is 0.253. The summed E-state index contributed by atoms with van der Waals surface area (Å²) in [5, 5.41) is 86.9. The molecule has 0 radical (unpaired) electrons. The predicted octanol–water partition coefficient (Wildman–Crippen LogP) is 9.78. The normalized spacial score (nSPS) is 25.6. The van der Waals surface area contributed by atoms with Gasteiger partial charge in [0.1, 0.15) is 48.8 Å². The third-order valence-electron chi connectivity index (χ3n) is 14.2. The molecule has 0 saturated carbocycles. The third-order valence-corrected chi connectivity index (χ3v) is 14.2. The van der Waals surface area contributed by atoms with E-state index in [9.17, 15) is 45.6 Å². The first-order valence-corrected chi connectivity index (χ1v) is 29.5. The first kappa shape index (κ1) is 67.8. The number of carbonyl (C=O) groups excluding carboxylic acids is 1. The van der Waals surface area contributed by atoms with Crippen molar-refractivity contribution in [1.29, 1.82) is 0 Å². The number of hydrogen-bond acceptors (Lipinski definition) is 13. The number of unbranched alkanes of at least 4 members (excludes halogenated alkanes) is 25. The van der Waals surface area contributed by atoms with Crippen molar-refractivity contribution in [1.82, 2.24) is 5.32 Å². The van der Waals surface area contributed by atoms with Crippen LogP contribution >= 0.6 is 0 Å². The van der Waals surface area contributed by atoms with E-state index in [1.165, 1.54) is 141 Å². The van der Waals surface area contributed by atoms with Gasteiger partial charge in [-0.3, -0.25) is 4.79 Å². The topological polar surface area (TPSA) is 228 Å². The summed E-state index contributed by atoms with van der Waals surface area (Å²) in [4.78, 5) is 13.2. The molecule has 74 heavy (non-hydrogen) atoms. The second-order valence-corrected chi connectivity index (χ2v) is 20.8.